The second-order valence-electron chi connectivity index (χ2n) is 10.7. The van der Waals surface area contributed by atoms with E-state index in [1.54, 1.807) is 0 Å². The van der Waals surface area contributed by atoms with Crippen LogP contribution in [-0.4, -0.2) is 48.5 Å². The predicted molar refractivity (Wildman–Crippen MR) is 155 cm³/mol. The summed E-state index contributed by atoms with van der Waals surface area (Å²) in [4.78, 5) is 2.28. The molecule has 6 nitrogen and oxygen atoms in total. The number of aliphatic hydroxyl groups is 1. The number of aliphatic hydroxyl groups excluding tert-OH is 1. The lowest BCUT2D eigenvalue weighted by atomic mass is 10.0. The van der Waals surface area contributed by atoms with Crippen molar-refractivity contribution in [1.29, 1.82) is 0 Å². The Bertz CT molecular complexity index is 1350. The molecule has 3 aliphatic rings. The van der Waals surface area contributed by atoms with Crippen molar-refractivity contribution < 1.29 is 24.1 Å². The zero-order valence-corrected chi connectivity index (χ0v) is 24.3. The fourth-order valence-corrected chi connectivity index (χ4v) is 6.07. The van der Waals surface area contributed by atoms with Crippen LogP contribution in [-0.2, 0) is 13.2 Å². The van der Waals surface area contributed by atoms with E-state index in [-0.39, 0.29) is 6.10 Å². The van der Waals surface area contributed by atoms with Crippen LogP contribution in [0, 0.1) is 5.92 Å². The van der Waals surface area contributed by atoms with Crippen LogP contribution in [0.25, 0.3) is 11.1 Å². The first kappa shape index (κ1) is 26.8. The van der Waals surface area contributed by atoms with E-state index >= 15 is 0 Å². The van der Waals surface area contributed by atoms with Gasteiger partial charge in [0.15, 0.2) is 11.5 Å². The summed E-state index contributed by atoms with van der Waals surface area (Å²) in [6.07, 6.45) is 2.93. The van der Waals surface area contributed by atoms with Crippen molar-refractivity contribution in [2.24, 2.45) is 5.92 Å². The van der Waals surface area contributed by atoms with Gasteiger partial charge in [0.25, 0.3) is 0 Å². The smallest absolute Gasteiger partial charge is 0.161 e. The Labute approximate surface area is 242 Å². The van der Waals surface area contributed by atoms with Crippen LogP contribution in [0.5, 0.6) is 23.0 Å². The minimum Gasteiger partial charge on any atom is -0.493 e. The molecule has 1 aliphatic carbocycles. The monoisotopic (exact) mass is 613 g/mol. The molecule has 2 aliphatic heterocycles. The lowest BCUT2D eigenvalue weighted by Crippen LogP contribution is -2.27. The van der Waals surface area contributed by atoms with Gasteiger partial charge in [-0.3, -0.25) is 4.90 Å². The Hall–Kier alpha value is -2.45. The lowest BCUT2D eigenvalue weighted by Gasteiger charge is -2.23. The molecular weight excluding hydrogens is 582 g/mol. The Morgan fingerprint density at radius 2 is 1.82 bits per heavy atom. The third kappa shape index (κ3) is 6.17. The van der Waals surface area contributed by atoms with E-state index in [1.807, 2.05) is 42.5 Å². The van der Waals surface area contributed by atoms with Gasteiger partial charge in [-0.05, 0) is 77.4 Å². The maximum atomic E-state index is 10.1. The van der Waals surface area contributed by atoms with Crippen LogP contribution in [0.1, 0.15) is 37.3 Å². The van der Waals surface area contributed by atoms with E-state index in [1.165, 1.54) is 12.8 Å². The first-order chi connectivity index (χ1) is 18.9. The summed E-state index contributed by atoms with van der Waals surface area (Å²) in [7, 11) is 0. The summed E-state index contributed by atoms with van der Waals surface area (Å²) in [5.74, 6) is 3.56. The molecule has 0 amide bonds. The molecule has 2 heterocycles. The molecule has 0 unspecified atom stereocenters. The van der Waals surface area contributed by atoms with E-state index in [4.69, 9.17) is 30.5 Å². The van der Waals surface area contributed by atoms with E-state index < -0.39 is 0 Å². The fourth-order valence-electron chi connectivity index (χ4n) is 5.22. The summed E-state index contributed by atoms with van der Waals surface area (Å²) in [6.45, 7) is 5.66. The molecule has 0 spiro atoms. The number of β-amino-alcohol motifs (C(OH)–C–C–N with tert-alkyl or cyclic N) is 1. The number of rotatable bonds is 9. The molecule has 1 saturated carbocycles. The SMILES string of the molecule is C[C@@H]1C[C@H](O)CN1Cc1cc(Cl)c(OCc2cccc(-c3ccc4c(c3)OCCO4)c2Br)cc1OCC1CC1. The Kier molecular flexibility index (Phi) is 7.94. The van der Waals surface area contributed by atoms with Crippen molar-refractivity contribution in [2.75, 3.05) is 26.4 Å². The van der Waals surface area contributed by atoms with Gasteiger partial charge in [0.1, 0.15) is 31.3 Å². The topological polar surface area (TPSA) is 60.4 Å². The Balaban J connectivity index is 1.21. The van der Waals surface area contributed by atoms with Crippen LogP contribution >= 0.6 is 27.5 Å². The normalized spacial score (nSPS) is 20.7. The van der Waals surface area contributed by atoms with E-state index in [9.17, 15) is 5.11 Å². The van der Waals surface area contributed by atoms with Crippen molar-refractivity contribution in [3.8, 4) is 34.1 Å². The molecule has 8 heteroatoms. The minimum atomic E-state index is -0.287. The number of hydrogen-bond acceptors (Lipinski definition) is 6. The quantitative estimate of drug-likeness (QED) is 0.284. The van der Waals surface area contributed by atoms with Gasteiger partial charge in [-0.15, -0.1) is 0 Å². The first-order valence-electron chi connectivity index (χ1n) is 13.6. The maximum Gasteiger partial charge on any atom is 0.161 e. The summed E-state index contributed by atoms with van der Waals surface area (Å²) in [5, 5.41) is 10.7. The summed E-state index contributed by atoms with van der Waals surface area (Å²) < 4.78 is 25.0. The van der Waals surface area contributed by atoms with Gasteiger partial charge in [0, 0.05) is 40.8 Å². The highest BCUT2D eigenvalue weighted by Crippen LogP contribution is 2.40. The summed E-state index contributed by atoms with van der Waals surface area (Å²) in [5.41, 5.74) is 4.11. The van der Waals surface area contributed by atoms with Crippen molar-refractivity contribution in [3.63, 3.8) is 0 Å². The second-order valence-corrected chi connectivity index (χ2v) is 11.9. The molecule has 0 bridgehead atoms. The van der Waals surface area contributed by atoms with Crippen molar-refractivity contribution in [1.82, 2.24) is 4.90 Å². The van der Waals surface area contributed by atoms with Gasteiger partial charge >= 0.3 is 0 Å². The molecule has 6 rings (SSSR count). The van der Waals surface area contributed by atoms with Crippen LogP contribution in [0.3, 0.4) is 0 Å². The average molecular weight is 615 g/mol. The molecule has 39 heavy (non-hydrogen) atoms. The molecule has 1 saturated heterocycles. The standard InChI is InChI=1S/C31H33BrClNO5/c1-19-11-24(35)16-34(19)15-23-12-26(33)29(14-28(23)38-17-20-5-6-20)39-18-22-3-2-4-25(31(22)32)21-7-8-27-30(13-21)37-10-9-36-27/h2-4,7-8,12-14,19-20,24,35H,5-6,9-11,15-18H2,1H3/t19-,24+/m1/s1. The van der Waals surface area contributed by atoms with Gasteiger partial charge < -0.3 is 24.1 Å². The summed E-state index contributed by atoms with van der Waals surface area (Å²) in [6, 6.07) is 16.3. The molecule has 2 fully saturated rings. The highest BCUT2D eigenvalue weighted by molar-refractivity contribution is 9.10. The first-order valence-corrected chi connectivity index (χ1v) is 14.8. The van der Waals surface area contributed by atoms with E-state index in [0.717, 1.165) is 50.4 Å². The van der Waals surface area contributed by atoms with Crippen LogP contribution in [0.15, 0.2) is 53.0 Å². The lowest BCUT2D eigenvalue weighted by molar-refractivity contribution is 0.171. The van der Waals surface area contributed by atoms with Gasteiger partial charge in [-0.25, -0.2) is 0 Å². The number of halogens is 2. The van der Waals surface area contributed by atoms with Crippen LogP contribution in [0.4, 0.5) is 0 Å². The minimum absolute atomic E-state index is 0.287. The molecule has 1 N–H and O–H groups in total. The largest absolute Gasteiger partial charge is 0.493 e. The van der Waals surface area contributed by atoms with Gasteiger partial charge in [0.2, 0.25) is 0 Å². The molecule has 3 aromatic rings. The molecule has 0 aromatic heterocycles. The molecular formula is C31H33BrClNO5. The molecule has 3 aromatic carbocycles. The number of benzene rings is 3. The summed E-state index contributed by atoms with van der Waals surface area (Å²) >= 11 is 10.5. The highest BCUT2D eigenvalue weighted by atomic mass is 79.9. The van der Waals surface area contributed by atoms with Gasteiger partial charge in [0.05, 0.1) is 17.7 Å². The van der Waals surface area contributed by atoms with Crippen molar-refractivity contribution in [3.05, 3.63) is 69.2 Å². The van der Waals surface area contributed by atoms with Crippen molar-refractivity contribution in [2.45, 2.75) is 51.5 Å². The second kappa shape index (κ2) is 11.6. The Morgan fingerprint density at radius 1 is 1.00 bits per heavy atom. The van der Waals surface area contributed by atoms with Gasteiger partial charge in [-0.1, -0.05) is 35.9 Å². The van der Waals surface area contributed by atoms with E-state index in [0.29, 0.717) is 62.2 Å². The number of likely N-dealkylation sites (tertiary alicyclic amines) is 1. The zero-order valence-electron chi connectivity index (χ0n) is 22.0. The number of nitrogens with zero attached hydrogens (tertiary/aromatic N) is 1. The fraction of sp³-hybridized carbons (Fsp3) is 0.419. The average Bonchev–Trinajstić information content (AvgIpc) is 3.71. The maximum absolute atomic E-state index is 10.1. The zero-order chi connectivity index (χ0) is 26.9. The van der Waals surface area contributed by atoms with Gasteiger partial charge in [-0.2, -0.15) is 0 Å². The number of fused-ring (bicyclic) bond motifs is 1. The van der Waals surface area contributed by atoms with Crippen LogP contribution < -0.4 is 18.9 Å². The highest BCUT2D eigenvalue weighted by Gasteiger charge is 2.29. The number of hydrogen-bond donors (Lipinski definition) is 1. The third-order valence-electron chi connectivity index (χ3n) is 7.66. The third-order valence-corrected chi connectivity index (χ3v) is 8.89. The molecule has 2 atom stereocenters. The van der Waals surface area contributed by atoms with Crippen LogP contribution in [0.2, 0.25) is 5.02 Å². The predicted octanol–water partition coefficient (Wildman–Crippen LogP) is 6.86. The molecule has 206 valence electrons. The molecule has 0 radical (unpaired) electrons. The number of ether oxygens (including phenoxy) is 4. The van der Waals surface area contributed by atoms with Crippen molar-refractivity contribution >= 4 is 27.5 Å². The Morgan fingerprint density at radius 3 is 2.59 bits per heavy atom. The van der Waals surface area contributed by atoms with E-state index in [2.05, 4.69) is 33.8 Å².